The second-order valence-electron chi connectivity index (χ2n) is 8.29. The first-order valence-electron chi connectivity index (χ1n) is 9.76. The van der Waals surface area contributed by atoms with Gasteiger partial charge in [-0.15, -0.1) is 0 Å². The average Bonchev–Trinajstić information content (AvgIpc) is 2.75. The van der Waals surface area contributed by atoms with Crippen LogP contribution in [0.25, 0.3) is 11.6 Å². The summed E-state index contributed by atoms with van der Waals surface area (Å²) >= 11 is 0. The zero-order valence-corrected chi connectivity index (χ0v) is 17.9. The van der Waals surface area contributed by atoms with Crippen molar-refractivity contribution in [1.29, 1.82) is 0 Å². The molecule has 2 aromatic heterocycles. The quantitative estimate of drug-likeness (QED) is 0.393. The van der Waals surface area contributed by atoms with Crippen molar-refractivity contribution in [2.45, 2.75) is 33.0 Å². The van der Waals surface area contributed by atoms with E-state index in [1.807, 2.05) is 0 Å². The first-order chi connectivity index (χ1) is 15.4. The number of hydrogen-bond acceptors (Lipinski definition) is 6. The van der Waals surface area contributed by atoms with E-state index in [4.69, 9.17) is 0 Å². The van der Waals surface area contributed by atoms with Crippen LogP contribution in [0.15, 0.2) is 47.5 Å². The molecule has 174 valence electrons. The second kappa shape index (κ2) is 9.08. The van der Waals surface area contributed by atoms with E-state index in [9.17, 15) is 28.0 Å². The number of benzene rings is 1. The molecule has 33 heavy (non-hydrogen) atoms. The van der Waals surface area contributed by atoms with Gasteiger partial charge in [-0.25, -0.2) is 15.0 Å². The van der Waals surface area contributed by atoms with Crippen molar-refractivity contribution in [1.82, 2.24) is 25.3 Å². The number of amides is 1. The summed E-state index contributed by atoms with van der Waals surface area (Å²) in [4.78, 5) is 39.6. The minimum atomic E-state index is -4.69. The number of alkyl halides is 3. The van der Waals surface area contributed by atoms with Crippen LogP contribution < -0.4 is 16.4 Å². The molecule has 3 rings (SSSR count). The van der Waals surface area contributed by atoms with Gasteiger partial charge in [0, 0.05) is 24.5 Å². The van der Waals surface area contributed by atoms with Crippen LogP contribution in [0.1, 0.15) is 48.4 Å². The summed E-state index contributed by atoms with van der Waals surface area (Å²) in [5, 5.41) is 14.0. The van der Waals surface area contributed by atoms with Gasteiger partial charge in [0.1, 0.15) is 16.9 Å². The fourth-order valence-electron chi connectivity index (χ4n) is 3.22. The number of H-pyrrole nitrogens is 1. The van der Waals surface area contributed by atoms with Crippen molar-refractivity contribution in [3.05, 3.63) is 75.1 Å². The monoisotopic (exact) mass is 462 g/mol. The molecular weight excluding hydrogens is 441 g/mol. The van der Waals surface area contributed by atoms with Crippen molar-refractivity contribution < 1.29 is 23.4 Å². The molecule has 0 fully saturated rings. The van der Waals surface area contributed by atoms with Crippen molar-refractivity contribution in [3.8, 4) is 11.6 Å². The third-order valence-corrected chi connectivity index (χ3v) is 4.73. The number of carbonyl (C=O) groups excluding carboxylic acids is 1. The molecule has 0 aliphatic rings. The molecule has 4 N–H and O–H groups in total. The Hall–Kier alpha value is -3.64. The minimum Gasteiger partial charge on any atom is -0.630 e. The number of aromatic nitrogens is 4. The smallest absolute Gasteiger partial charge is 0.422 e. The Morgan fingerprint density at radius 1 is 1.15 bits per heavy atom. The van der Waals surface area contributed by atoms with Crippen molar-refractivity contribution >= 4 is 11.6 Å². The van der Waals surface area contributed by atoms with Crippen LogP contribution in [0.5, 0.6) is 0 Å². The Kier molecular flexibility index (Phi) is 6.60. The Bertz CT molecular complexity index is 1210. The fourth-order valence-corrected chi connectivity index (χ4v) is 3.22. The number of hydrogen-bond donors (Lipinski definition) is 3. The van der Waals surface area contributed by atoms with Gasteiger partial charge in [0.15, 0.2) is 11.6 Å². The van der Waals surface area contributed by atoms with E-state index in [0.29, 0.717) is 5.56 Å². The van der Waals surface area contributed by atoms with Crippen LogP contribution in [0.2, 0.25) is 0 Å². The molecule has 1 atom stereocenters. The summed E-state index contributed by atoms with van der Waals surface area (Å²) in [5.41, 5.74) is -2.69. The number of aromatic amines is 1. The molecule has 9 nitrogen and oxygen atoms in total. The molecule has 1 amide bonds. The van der Waals surface area contributed by atoms with Crippen LogP contribution in [-0.2, 0) is 6.18 Å². The largest absolute Gasteiger partial charge is 0.630 e. The molecule has 2 heterocycles. The van der Waals surface area contributed by atoms with E-state index in [1.54, 1.807) is 26.8 Å². The summed E-state index contributed by atoms with van der Waals surface area (Å²) in [5.74, 6) is -0.640. The Morgan fingerprint density at radius 3 is 2.39 bits per heavy atom. The summed E-state index contributed by atoms with van der Waals surface area (Å²) in [6.07, 6.45) is -1.81. The lowest BCUT2D eigenvalue weighted by molar-refractivity contribution is -0.499. The highest BCUT2D eigenvalue weighted by Gasteiger charge is 2.36. The highest BCUT2D eigenvalue weighted by molar-refractivity contribution is 5.92. The van der Waals surface area contributed by atoms with Gasteiger partial charge in [-0.2, -0.15) is 13.2 Å². The highest BCUT2D eigenvalue weighted by Crippen LogP contribution is 2.38. The topological polar surface area (TPSA) is 140 Å². The van der Waals surface area contributed by atoms with Gasteiger partial charge in [0.2, 0.25) is 0 Å². The third kappa shape index (κ3) is 5.59. The van der Waals surface area contributed by atoms with Crippen molar-refractivity contribution in [2.24, 2.45) is 5.41 Å². The lowest BCUT2D eigenvalue weighted by Gasteiger charge is -2.32. The maximum atomic E-state index is 13.2. The maximum absolute atomic E-state index is 13.2. The van der Waals surface area contributed by atoms with E-state index in [2.05, 4.69) is 25.3 Å². The lowest BCUT2D eigenvalue weighted by atomic mass is 9.81. The highest BCUT2D eigenvalue weighted by atomic mass is 19.4. The van der Waals surface area contributed by atoms with Gasteiger partial charge in [0.05, 0.1) is 6.04 Å². The van der Waals surface area contributed by atoms with Crippen molar-refractivity contribution in [3.63, 3.8) is 0 Å². The number of quaternary nitrogens is 1. The predicted octanol–water partition coefficient (Wildman–Crippen LogP) is 2.46. The second-order valence-corrected chi connectivity index (χ2v) is 8.29. The van der Waals surface area contributed by atoms with E-state index in [1.165, 1.54) is 18.5 Å². The minimum absolute atomic E-state index is 0.0154. The first-order valence-corrected chi connectivity index (χ1v) is 9.76. The molecule has 0 bridgehead atoms. The van der Waals surface area contributed by atoms with Crippen LogP contribution in [0.4, 0.5) is 18.9 Å². The van der Waals surface area contributed by atoms with Crippen LogP contribution in [0, 0.1) is 10.6 Å². The third-order valence-electron chi connectivity index (χ3n) is 4.73. The Morgan fingerprint density at radius 2 is 1.82 bits per heavy atom. The summed E-state index contributed by atoms with van der Waals surface area (Å²) in [7, 11) is 0. The predicted molar refractivity (Wildman–Crippen MR) is 112 cm³/mol. The zero-order chi connectivity index (χ0) is 24.4. The number of nitrogens with zero attached hydrogens (tertiary/aromatic N) is 3. The molecule has 1 unspecified atom stereocenters. The van der Waals surface area contributed by atoms with Crippen molar-refractivity contribution in [2.75, 3.05) is 0 Å². The number of nitrogens with one attached hydrogen (secondary N) is 2. The first kappa shape index (κ1) is 24.0. The summed E-state index contributed by atoms with van der Waals surface area (Å²) < 4.78 is 39.5. The molecule has 0 aliphatic carbocycles. The number of nitrogens with two attached hydrogens (primary N) is 1. The fraction of sp³-hybridized carbons (Fsp3) is 0.286. The van der Waals surface area contributed by atoms with Gasteiger partial charge < -0.3 is 21.0 Å². The van der Waals surface area contributed by atoms with Gasteiger partial charge >= 0.3 is 6.18 Å². The molecular formula is C21H21F3N6O3. The van der Waals surface area contributed by atoms with Gasteiger partial charge in [-0.05, 0) is 23.1 Å². The SMILES string of the molecule is CC(C)(C)C(NC(=O)c1cc(=O)[nH]c(-c2ncccn2)n1)c1ccc(C(F)(F)F)c([NH2+][O-])c1. The number of rotatable bonds is 5. The van der Waals surface area contributed by atoms with Crippen LogP contribution in [-0.4, -0.2) is 25.8 Å². The number of halogens is 3. The Balaban J connectivity index is 1.98. The standard InChI is InChI=1S/C21H21F3N6O3/c1-20(2,3)16(11-5-6-12(21(22,23)24)13(9-11)30-33)29-19(32)14-10-15(31)28-18(27-14)17-25-7-4-8-26-17/h4-10,16H,30H2,1-3H3,(H,29,32)(H,27,28,31). The summed E-state index contributed by atoms with van der Waals surface area (Å²) in [6, 6.07) is 4.87. The van der Waals surface area contributed by atoms with E-state index >= 15 is 0 Å². The van der Waals surface area contributed by atoms with E-state index in [-0.39, 0.29) is 22.8 Å². The lowest BCUT2D eigenvalue weighted by Crippen LogP contribution is -2.71. The molecule has 0 radical (unpaired) electrons. The molecule has 0 spiro atoms. The van der Waals surface area contributed by atoms with Crippen LogP contribution in [0.3, 0.4) is 0 Å². The normalized spacial score (nSPS) is 12.9. The maximum Gasteiger partial charge on any atom is 0.422 e. The molecule has 3 aromatic rings. The van der Waals surface area contributed by atoms with E-state index < -0.39 is 40.4 Å². The molecule has 1 aromatic carbocycles. The molecule has 0 saturated heterocycles. The molecule has 0 saturated carbocycles. The van der Waals surface area contributed by atoms with Gasteiger partial charge in [-0.3, -0.25) is 9.59 Å². The average molecular weight is 462 g/mol. The van der Waals surface area contributed by atoms with Gasteiger partial charge in [0.25, 0.3) is 11.5 Å². The zero-order valence-electron chi connectivity index (χ0n) is 17.9. The van der Waals surface area contributed by atoms with E-state index in [0.717, 1.165) is 18.2 Å². The molecule has 0 aliphatic heterocycles. The molecule has 12 heteroatoms. The van der Waals surface area contributed by atoms with Crippen LogP contribution >= 0.6 is 0 Å². The Labute approximate surface area is 186 Å². The number of carbonyl (C=O) groups is 1. The van der Waals surface area contributed by atoms with Gasteiger partial charge in [-0.1, -0.05) is 26.8 Å². The summed E-state index contributed by atoms with van der Waals surface area (Å²) in [6.45, 7) is 5.31.